The second-order valence-corrected chi connectivity index (χ2v) is 3.98. The van der Waals surface area contributed by atoms with Crippen LogP contribution in [0.15, 0.2) is 0 Å². The number of carbonyl (C=O) groups is 1. The van der Waals surface area contributed by atoms with E-state index < -0.39 is 0 Å². The molecule has 2 aliphatic rings. The van der Waals surface area contributed by atoms with Crippen molar-refractivity contribution in [1.29, 1.82) is 0 Å². The van der Waals surface area contributed by atoms with E-state index in [4.69, 9.17) is 4.74 Å². The number of nitrogens with one attached hydrogen (secondary N) is 1. The van der Waals surface area contributed by atoms with Gasteiger partial charge in [0.05, 0.1) is 12.6 Å². The van der Waals surface area contributed by atoms with Crippen LogP contribution in [-0.2, 0) is 9.53 Å². The van der Waals surface area contributed by atoms with Gasteiger partial charge in [0.15, 0.2) is 0 Å². The molecule has 0 bridgehead atoms. The van der Waals surface area contributed by atoms with Crippen LogP contribution in [0.5, 0.6) is 0 Å². The highest BCUT2D eigenvalue weighted by atomic mass is 16.5. The Hall–Kier alpha value is -0.610. The van der Waals surface area contributed by atoms with E-state index in [0.29, 0.717) is 12.6 Å². The molecule has 0 spiro atoms. The molecule has 4 heteroatoms. The quantitative estimate of drug-likeness (QED) is 0.693. The van der Waals surface area contributed by atoms with Crippen LogP contribution < -0.4 is 5.32 Å². The number of carbonyl (C=O) groups excluding carboxylic acids is 1. The first-order valence-corrected chi connectivity index (χ1v) is 5.46. The topological polar surface area (TPSA) is 41.6 Å². The number of amides is 1. The molecule has 1 unspecified atom stereocenters. The zero-order valence-electron chi connectivity index (χ0n) is 8.50. The minimum Gasteiger partial charge on any atom is -0.378 e. The molecule has 4 nitrogen and oxygen atoms in total. The summed E-state index contributed by atoms with van der Waals surface area (Å²) in [4.78, 5) is 13.4. The number of hydrogen-bond acceptors (Lipinski definition) is 3. The molecule has 0 aromatic carbocycles. The normalized spacial score (nSPS) is 28.4. The molecule has 2 rings (SSSR count). The predicted octanol–water partition coefficient (Wildman–Crippen LogP) is -0.0127. The maximum absolute atomic E-state index is 11.4. The van der Waals surface area contributed by atoms with Crippen molar-refractivity contribution < 1.29 is 9.53 Å². The van der Waals surface area contributed by atoms with Crippen molar-refractivity contribution in [3.63, 3.8) is 0 Å². The van der Waals surface area contributed by atoms with Crippen LogP contribution in [0, 0.1) is 0 Å². The van der Waals surface area contributed by atoms with Crippen molar-refractivity contribution in [3.8, 4) is 0 Å². The lowest BCUT2D eigenvalue weighted by Gasteiger charge is -2.28. The average Bonchev–Trinajstić information content (AvgIpc) is 2.69. The van der Waals surface area contributed by atoms with E-state index in [1.54, 1.807) is 0 Å². The van der Waals surface area contributed by atoms with Crippen molar-refractivity contribution in [1.82, 2.24) is 10.2 Å². The Morgan fingerprint density at radius 1 is 1.57 bits per heavy atom. The molecule has 0 radical (unpaired) electrons. The monoisotopic (exact) mass is 198 g/mol. The first kappa shape index (κ1) is 9.93. The number of rotatable bonds is 3. The third kappa shape index (κ3) is 2.45. The second kappa shape index (κ2) is 4.75. The van der Waals surface area contributed by atoms with E-state index in [2.05, 4.69) is 5.32 Å². The SMILES string of the molecule is O=C1CNCCN1CCC1CCCO1. The van der Waals surface area contributed by atoms with E-state index in [1.807, 2.05) is 4.90 Å². The molecule has 1 N–H and O–H groups in total. The van der Waals surface area contributed by atoms with Crippen LogP contribution in [0.4, 0.5) is 0 Å². The fraction of sp³-hybridized carbons (Fsp3) is 0.900. The van der Waals surface area contributed by atoms with Gasteiger partial charge in [0.2, 0.25) is 5.91 Å². The number of piperazine rings is 1. The number of hydrogen-bond donors (Lipinski definition) is 1. The van der Waals surface area contributed by atoms with Crippen molar-refractivity contribution in [2.24, 2.45) is 0 Å². The molecule has 0 aromatic heterocycles. The minimum atomic E-state index is 0.231. The standard InChI is InChI=1S/C10H18N2O2/c13-10-8-11-4-6-12(10)5-3-9-2-1-7-14-9/h9,11H,1-8H2. The Bertz CT molecular complexity index is 202. The van der Waals surface area contributed by atoms with Gasteiger partial charge >= 0.3 is 0 Å². The van der Waals surface area contributed by atoms with Gasteiger partial charge in [-0.2, -0.15) is 0 Å². The summed E-state index contributed by atoms with van der Waals surface area (Å²) in [6.45, 7) is 4.06. The number of nitrogens with zero attached hydrogens (tertiary/aromatic N) is 1. The van der Waals surface area contributed by atoms with E-state index in [0.717, 1.165) is 32.7 Å². The molecule has 2 fully saturated rings. The van der Waals surface area contributed by atoms with Gasteiger partial charge in [-0.3, -0.25) is 4.79 Å². The van der Waals surface area contributed by atoms with Gasteiger partial charge in [0.25, 0.3) is 0 Å². The molecule has 2 heterocycles. The molecule has 2 saturated heterocycles. The molecule has 0 aromatic rings. The zero-order valence-corrected chi connectivity index (χ0v) is 8.50. The summed E-state index contributed by atoms with van der Waals surface area (Å²) < 4.78 is 5.53. The molecule has 14 heavy (non-hydrogen) atoms. The maximum Gasteiger partial charge on any atom is 0.236 e. The molecule has 0 aliphatic carbocycles. The fourth-order valence-electron chi connectivity index (χ4n) is 2.05. The summed E-state index contributed by atoms with van der Waals surface area (Å²) >= 11 is 0. The summed E-state index contributed by atoms with van der Waals surface area (Å²) in [5, 5.41) is 3.07. The Balaban J connectivity index is 1.70. The van der Waals surface area contributed by atoms with Crippen molar-refractivity contribution in [2.45, 2.75) is 25.4 Å². The first-order valence-electron chi connectivity index (χ1n) is 5.46. The van der Waals surface area contributed by atoms with Gasteiger partial charge in [-0.15, -0.1) is 0 Å². The maximum atomic E-state index is 11.4. The molecule has 1 amide bonds. The van der Waals surface area contributed by atoms with Crippen LogP contribution in [0.2, 0.25) is 0 Å². The molecular weight excluding hydrogens is 180 g/mol. The zero-order chi connectivity index (χ0) is 9.80. The smallest absolute Gasteiger partial charge is 0.236 e. The van der Waals surface area contributed by atoms with Crippen molar-refractivity contribution >= 4 is 5.91 Å². The predicted molar refractivity (Wildman–Crippen MR) is 53.0 cm³/mol. The van der Waals surface area contributed by atoms with Crippen LogP contribution in [0.1, 0.15) is 19.3 Å². The molecule has 0 saturated carbocycles. The van der Waals surface area contributed by atoms with Crippen LogP contribution in [-0.4, -0.2) is 49.7 Å². The van der Waals surface area contributed by atoms with Gasteiger partial charge in [-0.05, 0) is 19.3 Å². The van der Waals surface area contributed by atoms with E-state index >= 15 is 0 Å². The Labute approximate surface area is 84.6 Å². The highest BCUT2D eigenvalue weighted by molar-refractivity contribution is 5.78. The summed E-state index contributed by atoms with van der Waals surface area (Å²) in [5.74, 6) is 0.231. The van der Waals surface area contributed by atoms with Gasteiger partial charge in [0, 0.05) is 26.2 Å². The highest BCUT2D eigenvalue weighted by Crippen LogP contribution is 2.15. The third-order valence-corrected chi connectivity index (χ3v) is 2.93. The summed E-state index contributed by atoms with van der Waals surface area (Å²) in [6, 6.07) is 0. The Morgan fingerprint density at radius 2 is 2.50 bits per heavy atom. The first-order chi connectivity index (χ1) is 6.86. The van der Waals surface area contributed by atoms with Gasteiger partial charge in [0.1, 0.15) is 0 Å². The summed E-state index contributed by atoms with van der Waals surface area (Å²) in [7, 11) is 0. The molecule has 2 aliphatic heterocycles. The fourth-order valence-corrected chi connectivity index (χ4v) is 2.05. The average molecular weight is 198 g/mol. The lowest BCUT2D eigenvalue weighted by Crippen LogP contribution is -2.48. The van der Waals surface area contributed by atoms with Gasteiger partial charge in [-0.1, -0.05) is 0 Å². The van der Waals surface area contributed by atoms with Crippen LogP contribution in [0.3, 0.4) is 0 Å². The summed E-state index contributed by atoms with van der Waals surface area (Å²) in [6.07, 6.45) is 3.75. The van der Waals surface area contributed by atoms with Crippen molar-refractivity contribution in [2.75, 3.05) is 32.8 Å². The van der Waals surface area contributed by atoms with Crippen LogP contribution in [0.25, 0.3) is 0 Å². The molecule has 1 atom stereocenters. The molecule has 80 valence electrons. The lowest BCUT2D eigenvalue weighted by molar-refractivity contribution is -0.132. The van der Waals surface area contributed by atoms with E-state index in [-0.39, 0.29) is 5.91 Å². The largest absolute Gasteiger partial charge is 0.378 e. The highest BCUT2D eigenvalue weighted by Gasteiger charge is 2.20. The van der Waals surface area contributed by atoms with Crippen molar-refractivity contribution in [3.05, 3.63) is 0 Å². The summed E-state index contributed by atoms with van der Waals surface area (Å²) in [5.41, 5.74) is 0. The Kier molecular flexibility index (Phi) is 3.37. The third-order valence-electron chi connectivity index (χ3n) is 2.93. The van der Waals surface area contributed by atoms with E-state index in [9.17, 15) is 4.79 Å². The second-order valence-electron chi connectivity index (χ2n) is 3.98. The van der Waals surface area contributed by atoms with E-state index in [1.165, 1.54) is 12.8 Å². The van der Waals surface area contributed by atoms with Gasteiger partial charge < -0.3 is 15.0 Å². The van der Waals surface area contributed by atoms with Gasteiger partial charge in [-0.25, -0.2) is 0 Å². The lowest BCUT2D eigenvalue weighted by atomic mass is 10.1. The molecular formula is C10H18N2O2. The minimum absolute atomic E-state index is 0.231. The van der Waals surface area contributed by atoms with Crippen LogP contribution >= 0.6 is 0 Å². The number of ether oxygens (including phenoxy) is 1. The Morgan fingerprint density at radius 3 is 3.21 bits per heavy atom.